The van der Waals surface area contributed by atoms with Gasteiger partial charge < -0.3 is 19.7 Å². The number of anilines is 1. The molecule has 33 heavy (non-hydrogen) atoms. The highest BCUT2D eigenvalue weighted by Crippen LogP contribution is 2.24. The van der Waals surface area contributed by atoms with Crippen molar-refractivity contribution in [2.75, 3.05) is 58.8 Å². The fraction of sp³-hybridized carbons (Fsp3) is 0.500. The first kappa shape index (κ1) is 23.4. The van der Waals surface area contributed by atoms with E-state index in [1.165, 1.54) is 18.4 Å². The highest BCUT2D eigenvalue weighted by Gasteiger charge is 2.27. The summed E-state index contributed by atoms with van der Waals surface area (Å²) in [6.45, 7) is 6.76. The average Bonchev–Trinajstić information content (AvgIpc) is 3.12. The van der Waals surface area contributed by atoms with Crippen LogP contribution in [0.2, 0.25) is 0 Å². The van der Waals surface area contributed by atoms with Crippen LogP contribution >= 0.6 is 0 Å². The van der Waals surface area contributed by atoms with Crippen molar-refractivity contribution in [2.45, 2.75) is 31.8 Å². The number of likely N-dealkylation sites (tertiary alicyclic amines) is 1. The number of methoxy groups -OCH3 is 2. The lowest BCUT2D eigenvalue weighted by molar-refractivity contribution is 0.108. The Labute approximate surface area is 197 Å². The lowest BCUT2D eigenvalue weighted by Crippen LogP contribution is -2.46. The number of carbonyl (C=O) groups is 1. The van der Waals surface area contributed by atoms with Gasteiger partial charge in [-0.25, -0.2) is 4.79 Å². The van der Waals surface area contributed by atoms with E-state index < -0.39 is 0 Å². The number of para-hydroxylation sites is 2. The number of hydrogen-bond donors (Lipinski definition) is 1. The molecule has 2 saturated heterocycles. The number of piperidine rings is 1. The quantitative estimate of drug-likeness (QED) is 0.720. The van der Waals surface area contributed by atoms with Crippen LogP contribution < -0.4 is 14.8 Å². The molecule has 0 bridgehead atoms. The molecule has 178 valence electrons. The summed E-state index contributed by atoms with van der Waals surface area (Å²) < 4.78 is 10.6. The Bertz CT molecular complexity index is 897. The fourth-order valence-corrected chi connectivity index (χ4v) is 4.88. The lowest BCUT2D eigenvalue weighted by atomic mass is 10.0. The van der Waals surface area contributed by atoms with E-state index in [1.54, 1.807) is 14.2 Å². The summed E-state index contributed by atoms with van der Waals surface area (Å²) in [5.41, 5.74) is 2.05. The molecule has 0 radical (unpaired) electrons. The van der Waals surface area contributed by atoms with Crippen molar-refractivity contribution in [3.8, 4) is 11.5 Å². The SMILES string of the molecule is COc1ccc(CN2CCC(N3CCCN(C(=O)Nc4ccccc4OC)CC3)CC2)cc1. The van der Waals surface area contributed by atoms with E-state index in [2.05, 4.69) is 27.2 Å². The van der Waals surface area contributed by atoms with Gasteiger partial charge in [-0.3, -0.25) is 9.80 Å². The molecule has 2 aromatic carbocycles. The molecule has 2 aliphatic rings. The number of benzene rings is 2. The molecule has 2 fully saturated rings. The predicted molar refractivity (Wildman–Crippen MR) is 131 cm³/mol. The summed E-state index contributed by atoms with van der Waals surface area (Å²) in [6.07, 6.45) is 3.37. The van der Waals surface area contributed by atoms with Crippen LogP contribution in [0.4, 0.5) is 10.5 Å². The summed E-state index contributed by atoms with van der Waals surface area (Å²) in [5, 5.41) is 3.02. The highest BCUT2D eigenvalue weighted by atomic mass is 16.5. The second-order valence-corrected chi connectivity index (χ2v) is 8.86. The van der Waals surface area contributed by atoms with Crippen molar-refractivity contribution in [3.05, 3.63) is 54.1 Å². The van der Waals surface area contributed by atoms with Crippen molar-refractivity contribution in [2.24, 2.45) is 0 Å². The summed E-state index contributed by atoms with van der Waals surface area (Å²) in [6, 6.07) is 16.5. The molecule has 0 saturated carbocycles. The molecule has 0 spiro atoms. The molecule has 1 N–H and O–H groups in total. The zero-order chi connectivity index (χ0) is 23.0. The van der Waals surface area contributed by atoms with Gasteiger partial charge in [-0.1, -0.05) is 24.3 Å². The molecule has 2 aliphatic heterocycles. The summed E-state index contributed by atoms with van der Waals surface area (Å²) in [7, 11) is 3.33. The summed E-state index contributed by atoms with van der Waals surface area (Å²) >= 11 is 0. The molecule has 2 aromatic rings. The van der Waals surface area contributed by atoms with Crippen molar-refractivity contribution in [1.29, 1.82) is 0 Å². The zero-order valence-electron chi connectivity index (χ0n) is 19.8. The molecule has 7 heteroatoms. The Hall–Kier alpha value is -2.77. The first-order valence-corrected chi connectivity index (χ1v) is 11.9. The molecule has 2 amide bonds. The van der Waals surface area contributed by atoms with Gasteiger partial charge in [0.2, 0.25) is 0 Å². The van der Waals surface area contributed by atoms with Gasteiger partial charge >= 0.3 is 6.03 Å². The first-order valence-electron chi connectivity index (χ1n) is 11.9. The molecule has 2 heterocycles. The minimum atomic E-state index is -0.0457. The van der Waals surface area contributed by atoms with Gasteiger partial charge in [-0.2, -0.15) is 0 Å². The molecular formula is C26H36N4O3. The number of hydrogen-bond acceptors (Lipinski definition) is 5. The Morgan fingerprint density at radius 2 is 1.67 bits per heavy atom. The molecule has 4 rings (SSSR count). The third-order valence-corrected chi connectivity index (χ3v) is 6.81. The highest BCUT2D eigenvalue weighted by molar-refractivity contribution is 5.91. The Morgan fingerprint density at radius 1 is 0.909 bits per heavy atom. The maximum absolute atomic E-state index is 12.9. The van der Waals surface area contributed by atoms with Crippen LogP contribution in [-0.4, -0.2) is 80.3 Å². The maximum atomic E-state index is 12.9. The van der Waals surface area contributed by atoms with Gasteiger partial charge in [0.15, 0.2) is 0 Å². The van der Waals surface area contributed by atoms with Crippen LogP contribution in [-0.2, 0) is 6.54 Å². The number of rotatable bonds is 6. The minimum absolute atomic E-state index is 0.0457. The van der Waals surface area contributed by atoms with Gasteiger partial charge in [-0.05, 0) is 62.2 Å². The normalized spacial score (nSPS) is 18.5. The van der Waals surface area contributed by atoms with Crippen molar-refractivity contribution < 1.29 is 14.3 Å². The zero-order valence-corrected chi connectivity index (χ0v) is 19.8. The second-order valence-electron chi connectivity index (χ2n) is 8.86. The summed E-state index contributed by atoms with van der Waals surface area (Å²) in [4.78, 5) is 19.9. The minimum Gasteiger partial charge on any atom is -0.497 e. The number of carbonyl (C=O) groups excluding carboxylic acids is 1. The molecule has 0 atom stereocenters. The molecule has 0 unspecified atom stereocenters. The maximum Gasteiger partial charge on any atom is 0.321 e. The Morgan fingerprint density at radius 3 is 2.39 bits per heavy atom. The average molecular weight is 453 g/mol. The Kier molecular flexibility index (Phi) is 8.07. The van der Waals surface area contributed by atoms with Gasteiger partial charge in [0, 0.05) is 38.8 Å². The summed E-state index contributed by atoms with van der Waals surface area (Å²) in [5.74, 6) is 1.59. The van der Waals surface area contributed by atoms with Crippen LogP contribution in [0, 0.1) is 0 Å². The predicted octanol–water partition coefficient (Wildman–Crippen LogP) is 3.91. The van der Waals surface area contributed by atoms with E-state index in [-0.39, 0.29) is 6.03 Å². The van der Waals surface area contributed by atoms with Crippen molar-refractivity contribution in [3.63, 3.8) is 0 Å². The fourth-order valence-electron chi connectivity index (χ4n) is 4.88. The molecular weight excluding hydrogens is 416 g/mol. The van der Waals surface area contributed by atoms with Gasteiger partial charge in [0.05, 0.1) is 19.9 Å². The number of amides is 2. The van der Waals surface area contributed by atoms with Crippen molar-refractivity contribution >= 4 is 11.7 Å². The van der Waals surface area contributed by atoms with Crippen LogP contribution in [0.5, 0.6) is 11.5 Å². The van der Waals surface area contributed by atoms with E-state index in [4.69, 9.17) is 9.47 Å². The van der Waals surface area contributed by atoms with Crippen LogP contribution in [0.3, 0.4) is 0 Å². The number of urea groups is 1. The number of nitrogens with zero attached hydrogens (tertiary/aromatic N) is 3. The first-order chi connectivity index (χ1) is 16.2. The smallest absolute Gasteiger partial charge is 0.321 e. The molecule has 0 aromatic heterocycles. The van der Waals surface area contributed by atoms with Crippen LogP contribution in [0.15, 0.2) is 48.5 Å². The molecule has 0 aliphatic carbocycles. The Balaban J connectivity index is 1.24. The van der Waals surface area contributed by atoms with E-state index >= 15 is 0 Å². The standard InChI is InChI=1S/C26H36N4O3/c1-32-23-10-8-21(9-11-23)20-28-16-12-22(13-17-28)29-14-5-15-30(19-18-29)26(31)27-24-6-3-4-7-25(24)33-2/h3-4,6-11,22H,5,12-20H2,1-2H3,(H,27,31). The largest absolute Gasteiger partial charge is 0.497 e. The number of ether oxygens (including phenoxy) is 2. The van der Waals surface area contributed by atoms with E-state index in [0.29, 0.717) is 11.8 Å². The van der Waals surface area contributed by atoms with Gasteiger partial charge in [0.1, 0.15) is 11.5 Å². The number of nitrogens with one attached hydrogen (secondary N) is 1. The second kappa shape index (κ2) is 11.4. The topological polar surface area (TPSA) is 57.3 Å². The van der Waals surface area contributed by atoms with E-state index in [0.717, 1.165) is 63.7 Å². The monoisotopic (exact) mass is 452 g/mol. The third kappa shape index (κ3) is 6.18. The van der Waals surface area contributed by atoms with Crippen molar-refractivity contribution in [1.82, 2.24) is 14.7 Å². The van der Waals surface area contributed by atoms with Crippen LogP contribution in [0.25, 0.3) is 0 Å². The lowest BCUT2D eigenvalue weighted by Gasteiger charge is -2.38. The molecule has 7 nitrogen and oxygen atoms in total. The van der Waals surface area contributed by atoms with Gasteiger partial charge in [-0.15, -0.1) is 0 Å². The van der Waals surface area contributed by atoms with Crippen LogP contribution in [0.1, 0.15) is 24.8 Å². The van der Waals surface area contributed by atoms with E-state index in [9.17, 15) is 4.79 Å². The third-order valence-electron chi connectivity index (χ3n) is 6.81. The van der Waals surface area contributed by atoms with Gasteiger partial charge in [0.25, 0.3) is 0 Å². The van der Waals surface area contributed by atoms with E-state index in [1.807, 2.05) is 41.3 Å².